The largest absolute Gasteiger partial charge is 0.481 e. The zero-order valence-corrected chi connectivity index (χ0v) is 9.32. The molecule has 0 saturated heterocycles. The van der Waals surface area contributed by atoms with Crippen LogP contribution in [-0.4, -0.2) is 29.6 Å². The molecule has 0 saturated carbocycles. The van der Waals surface area contributed by atoms with Crippen LogP contribution in [0.25, 0.3) is 0 Å². The summed E-state index contributed by atoms with van der Waals surface area (Å²) in [5.74, 6) is -0.887. The van der Waals surface area contributed by atoms with Gasteiger partial charge in [0, 0.05) is 12.5 Å². The fourth-order valence-electron chi connectivity index (χ4n) is 1.19. The van der Waals surface area contributed by atoms with Gasteiger partial charge in [0.2, 0.25) is 5.91 Å². The molecule has 1 amide bonds. The van der Waals surface area contributed by atoms with Gasteiger partial charge in [-0.2, -0.15) is 0 Å². The molecule has 15 heavy (non-hydrogen) atoms. The lowest BCUT2D eigenvalue weighted by atomic mass is 10.1. The number of carbonyl (C=O) groups excluding carboxylic acids is 1. The van der Waals surface area contributed by atoms with Crippen LogP contribution in [0.1, 0.15) is 33.1 Å². The van der Waals surface area contributed by atoms with Gasteiger partial charge in [-0.25, -0.2) is 0 Å². The van der Waals surface area contributed by atoms with Crippen molar-refractivity contribution in [1.29, 1.82) is 0 Å². The molecular weight excluding hydrogens is 196 g/mol. The second-order valence-corrected chi connectivity index (χ2v) is 3.82. The van der Waals surface area contributed by atoms with Crippen molar-refractivity contribution < 1.29 is 14.7 Å². The van der Waals surface area contributed by atoms with Crippen LogP contribution in [0.2, 0.25) is 0 Å². The molecule has 0 aromatic heterocycles. The first-order valence-electron chi connectivity index (χ1n) is 5.20. The molecule has 4 N–H and O–H groups in total. The van der Waals surface area contributed by atoms with Crippen molar-refractivity contribution in [2.75, 3.05) is 6.54 Å². The molecule has 0 heterocycles. The average Bonchev–Trinajstić information content (AvgIpc) is 2.15. The van der Waals surface area contributed by atoms with E-state index in [0.717, 1.165) is 0 Å². The molecule has 5 heteroatoms. The third-order valence-electron chi connectivity index (χ3n) is 2.22. The van der Waals surface area contributed by atoms with Gasteiger partial charge < -0.3 is 16.2 Å². The zero-order chi connectivity index (χ0) is 11.8. The molecule has 0 aromatic rings. The molecule has 0 aliphatic carbocycles. The van der Waals surface area contributed by atoms with Crippen molar-refractivity contribution in [2.45, 2.75) is 39.2 Å². The summed E-state index contributed by atoms with van der Waals surface area (Å²) < 4.78 is 0. The van der Waals surface area contributed by atoms with E-state index in [9.17, 15) is 9.59 Å². The van der Waals surface area contributed by atoms with Crippen molar-refractivity contribution in [3.8, 4) is 0 Å². The number of nitrogens with two attached hydrogens (primary N) is 1. The normalized spacial score (nSPS) is 14.3. The second kappa shape index (κ2) is 7.23. The SMILES string of the molecule is CCC(CC(=O)O)NC(=O)CC(C)CN. The summed E-state index contributed by atoms with van der Waals surface area (Å²) in [7, 11) is 0. The van der Waals surface area contributed by atoms with Crippen molar-refractivity contribution in [2.24, 2.45) is 11.7 Å². The van der Waals surface area contributed by atoms with Crippen LogP contribution < -0.4 is 11.1 Å². The third kappa shape index (κ3) is 6.90. The number of hydrogen-bond donors (Lipinski definition) is 3. The predicted molar refractivity (Wildman–Crippen MR) is 57.3 cm³/mol. The van der Waals surface area contributed by atoms with Crippen molar-refractivity contribution in [1.82, 2.24) is 5.32 Å². The van der Waals surface area contributed by atoms with Gasteiger partial charge in [0.25, 0.3) is 0 Å². The lowest BCUT2D eigenvalue weighted by molar-refractivity contribution is -0.137. The molecule has 0 aromatic carbocycles. The molecule has 0 bridgehead atoms. The fraction of sp³-hybridized carbons (Fsp3) is 0.800. The Morgan fingerprint density at radius 3 is 2.40 bits per heavy atom. The van der Waals surface area contributed by atoms with Crippen LogP contribution in [0, 0.1) is 5.92 Å². The standard InChI is InChI=1S/C10H20N2O3/c1-3-8(5-10(14)15)12-9(13)4-7(2)6-11/h7-8H,3-6,11H2,1-2H3,(H,12,13)(H,14,15). The minimum absolute atomic E-state index is 0.0285. The van der Waals surface area contributed by atoms with Crippen molar-refractivity contribution in [3.05, 3.63) is 0 Å². The van der Waals surface area contributed by atoms with Crippen LogP contribution in [0.15, 0.2) is 0 Å². The minimum atomic E-state index is -0.894. The van der Waals surface area contributed by atoms with E-state index in [1.165, 1.54) is 0 Å². The highest BCUT2D eigenvalue weighted by molar-refractivity contribution is 5.77. The predicted octanol–water partition coefficient (Wildman–Crippen LogP) is 0.341. The van der Waals surface area contributed by atoms with E-state index in [-0.39, 0.29) is 24.3 Å². The minimum Gasteiger partial charge on any atom is -0.481 e. The van der Waals surface area contributed by atoms with Gasteiger partial charge in [0.15, 0.2) is 0 Å². The molecule has 0 aliphatic heterocycles. The van der Waals surface area contributed by atoms with E-state index < -0.39 is 5.97 Å². The van der Waals surface area contributed by atoms with Gasteiger partial charge in [-0.1, -0.05) is 13.8 Å². The number of carboxylic acids is 1. The molecule has 0 spiro atoms. The Kier molecular flexibility index (Phi) is 6.70. The van der Waals surface area contributed by atoms with Gasteiger partial charge in [0.1, 0.15) is 0 Å². The number of hydrogen-bond acceptors (Lipinski definition) is 3. The number of aliphatic carboxylic acids is 1. The van der Waals surface area contributed by atoms with Gasteiger partial charge in [-0.3, -0.25) is 9.59 Å². The fourth-order valence-corrected chi connectivity index (χ4v) is 1.19. The third-order valence-corrected chi connectivity index (χ3v) is 2.22. The summed E-state index contributed by atoms with van der Waals surface area (Å²) in [6.07, 6.45) is 0.945. The van der Waals surface area contributed by atoms with E-state index in [1.807, 2.05) is 13.8 Å². The topological polar surface area (TPSA) is 92.4 Å². The number of carboxylic acid groups (broad SMARTS) is 1. The Morgan fingerprint density at radius 2 is 2.00 bits per heavy atom. The van der Waals surface area contributed by atoms with Crippen LogP contribution in [-0.2, 0) is 9.59 Å². The lowest BCUT2D eigenvalue weighted by Crippen LogP contribution is -2.37. The van der Waals surface area contributed by atoms with Crippen molar-refractivity contribution in [3.63, 3.8) is 0 Å². The van der Waals surface area contributed by atoms with Gasteiger partial charge in [0.05, 0.1) is 6.42 Å². The number of carbonyl (C=O) groups is 2. The maximum absolute atomic E-state index is 11.4. The molecular formula is C10H20N2O3. The summed E-state index contributed by atoms with van der Waals surface area (Å²) in [6, 6.07) is -0.278. The van der Waals surface area contributed by atoms with E-state index in [4.69, 9.17) is 10.8 Å². The summed E-state index contributed by atoms with van der Waals surface area (Å²) in [4.78, 5) is 21.9. The van der Waals surface area contributed by atoms with Crippen LogP contribution in [0.4, 0.5) is 0 Å². The monoisotopic (exact) mass is 216 g/mol. The Morgan fingerprint density at radius 1 is 1.40 bits per heavy atom. The lowest BCUT2D eigenvalue weighted by Gasteiger charge is -2.16. The highest BCUT2D eigenvalue weighted by Crippen LogP contribution is 2.02. The van der Waals surface area contributed by atoms with E-state index in [1.54, 1.807) is 0 Å². The highest BCUT2D eigenvalue weighted by atomic mass is 16.4. The molecule has 0 aliphatic rings. The Bertz CT molecular complexity index is 219. The summed E-state index contributed by atoms with van der Waals surface area (Å²) >= 11 is 0. The maximum Gasteiger partial charge on any atom is 0.305 e. The van der Waals surface area contributed by atoms with E-state index in [2.05, 4.69) is 5.32 Å². The molecule has 5 nitrogen and oxygen atoms in total. The summed E-state index contributed by atoms with van der Waals surface area (Å²) in [6.45, 7) is 4.20. The van der Waals surface area contributed by atoms with Gasteiger partial charge in [-0.15, -0.1) is 0 Å². The number of amides is 1. The molecule has 2 atom stereocenters. The zero-order valence-electron chi connectivity index (χ0n) is 9.32. The van der Waals surface area contributed by atoms with Gasteiger partial charge in [-0.05, 0) is 18.9 Å². The van der Waals surface area contributed by atoms with Gasteiger partial charge >= 0.3 is 5.97 Å². The highest BCUT2D eigenvalue weighted by Gasteiger charge is 2.15. The molecule has 0 fully saturated rings. The summed E-state index contributed by atoms with van der Waals surface area (Å²) in [5, 5.41) is 11.3. The quantitative estimate of drug-likeness (QED) is 0.572. The Hall–Kier alpha value is -1.10. The molecule has 0 radical (unpaired) electrons. The maximum atomic E-state index is 11.4. The number of rotatable bonds is 7. The first-order chi connectivity index (χ1) is 6.99. The second-order valence-electron chi connectivity index (χ2n) is 3.82. The molecule has 0 rings (SSSR count). The first-order valence-corrected chi connectivity index (χ1v) is 5.20. The Balaban J connectivity index is 3.95. The Labute approximate surface area is 90.0 Å². The number of nitrogens with one attached hydrogen (secondary N) is 1. The van der Waals surface area contributed by atoms with E-state index >= 15 is 0 Å². The first kappa shape index (κ1) is 13.9. The van der Waals surface area contributed by atoms with Crippen molar-refractivity contribution >= 4 is 11.9 Å². The smallest absolute Gasteiger partial charge is 0.305 e. The average molecular weight is 216 g/mol. The van der Waals surface area contributed by atoms with Crippen LogP contribution in [0.3, 0.4) is 0 Å². The van der Waals surface area contributed by atoms with Crippen LogP contribution >= 0.6 is 0 Å². The summed E-state index contributed by atoms with van der Waals surface area (Å²) in [5.41, 5.74) is 5.39. The van der Waals surface area contributed by atoms with E-state index in [0.29, 0.717) is 19.4 Å². The van der Waals surface area contributed by atoms with Crippen LogP contribution in [0.5, 0.6) is 0 Å². The molecule has 2 unspecified atom stereocenters. The molecule has 88 valence electrons.